The van der Waals surface area contributed by atoms with Gasteiger partial charge < -0.3 is 10.6 Å². The highest BCUT2D eigenvalue weighted by Crippen LogP contribution is 2.18. The number of hydrogen-bond donors (Lipinski definition) is 2. The average molecular weight is 388 g/mol. The first kappa shape index (κ1) is 18.8. The number of carbonyl (C=O) groups excluding carboxylic acids is 1. The number of nitrogens with one attached hydrogen (secondary N) is 2. The van der Waals surface area contributed by atoms with Gasteiger partial charge in [-0.05, 0) is 48.4 Å². The van der Waals surface area contributed by atoms with Gasteiger partial charge in [0.15, 0.2) is 11.6 Å². The molecule has 0 saturated heterocycles. The molecule has 2 aromatic carbocycles. The van der Waals surface area contributed by atoms with Gasteiger partial charge in [-0.2, -0.15) is 0 Å². The third kappa shape index (κ3) is 5.24. The zero-order valence-electron chi connectivity index (χ0n) is 14.2. The molecule has 0 unspecified atom stereocenters. The van der Waals surface area contributed by atoms with Crippen molar-refractivity contribution in [2.24, 2.45) is 0 Å². The molecule has 1 heterocycles. The maximum atomic E-state index is 13.2. The summed E-state index contributed by atoms with van der Waals surface area (Å²) in [6.07, 6.45) is 2.13. The molecule has 1 aromatic heterocycles. The molecule has 0 aliphatic carbocycles. The molecule has 1 amide bonds. The van der Waals surface area contributed by atoms with Gasteiger partial charge in [-0.25, -0.2) is 13.8 Å². The van der Waals surface area contributed by atoms with Gasteiger partial charge in [-0.3, -0.25) is 4.79 Å². The predicted molar refractivity (Wildman–Crippen MR) is 101 cm³/mol. The number of carbonyl (C=O) groups is 1. The number of rotatable bonds is 6. The molecular formula is C20H16ClF2N3O. The second kappa shape index (κ2) is 8.60. The fourth-order valence-corrected chi connectivity index (χ4v) is 2.53. The number of pyridine rings is 1. The van der Waals surface area contributed by atoms with E-state index in [-0.39, 0.29) is 11.6 Å². The standard InChI is InChI=1S/C20H16ClF2N3O/c21-14-3-1-13(2-4-14)9-10-24-20(27)19-8-6-16(12-25-19)26-15-5-7-17(22)18(23)11-15/h1-8,11-12,26H,9-10H2,(H,24,27). The summed E-state index contributed by atoms with van der Waals surface area (Å²) in [4.78, 5) is 16.2. The summed E-state index contributed by atoms with van der Waals surface area (Å²) in [6.45, 7) is 0.469. The molecule has 0 fully saturated rings. The SMILES string of the molecule is O=C(NCCc1ccc(Cl)cc1)c1ccc(Nc2ccc(F)c(F)c2)cn1. The van der Waals surface area contributed by atoms with Crippen LogP contribution in [0.2, 0.25) is 5.02 Å². The van der Waals surface area contributed by atoms with Crippen molar-refractivity contribution in [1.29, 1.82) is 0 Å². The molecule has 4 nitrogen and oxygen atoms in total. The Morgan fingerprint density at radius 3 is 2.37 bits per heavy atom. The Morgan fingerprint density at radius 1 is 0.963 bits per heavy atom. The monoisotopic (exact) mass is 387 g/mol. The van der Waals surface area contributed by atoms with Gasteiger partial charge in [0.1, 0.15) is 5.69 Å². The molecule has 2 N–H and O–H groups in total. The number of halogens is 3. The van der Waals surface area contributed by atoms with E-state index in [1.807, 2.05) is 12.1 Å². The molecule has 7 heteroatoms. The lowest BCUT2D eigenvalue weighted by Crippen LogP contribution is -2.26. The van der Waals surface area contributed by atoms with Crippen LogP contribution < -0.4 is 10.6 Å². The van der Waals surface area contributed by atoms with Gasteiger partial charge in [0.25, 0.3) is 5.91 Å². The first-order chi connectivity index (χ1) is 13.0. The van der Waals surface area contributed by atoms with Gasteiger partial charge in [-0.1, -0.05) is 23.7 Å². The second-order valence-electron chi connectivity index (χ2n) is 5.82. The maximum Gasteiger partial charge on any atom is 0.269 e. The lowest BCUT2D eigenvalue weighted by atomic mass is 10.1. The zero-order valence-corrected chi connectivity index (χ0v) is 14.9. The molecule has 0 saturated carbocycles. The summed E-state index contributed by atoms with van der Waals surface area (Å²) < 4.78 is 26.2. The minimum atomic E-state index is -0.940. The van der Waals surface area contributed by atoms with Crippen LogP contribution in [-0.4, -0.2) is 17.4 Å². The summed E-state index contributed by atoms with van der Waals surface area (Å²) in [6, 6.07) is 14.1. The van der Waals surface area contributed by atoms with Crippen LogP contribution >= 0.6 is 11.6 Å². The van der Waals surface area contributed by atoms with Crippen LogP contribution in [0.15, 0.2) is 60.8 Å². The Bertz CT molecular complexity index is 931. The minimum absolute atomic E-state index is 0.266. The summed E-state index contributed by atoms with van der Waals surface area (Å²) in [7, 11) is 0. The first-order valence-corrected chi connectivity index (χ1v) is 8.60. The maximum absolute atomic E-state index is 13.2. The largest absolute Gasteiger partial charge is 0.354 e. The van der Waals surface area contributed by atoms with Gasteiger partial charge in [0.05, 0.1) is 11.9 Å². The highest BCUT2D eigenvalue weighted by Gasteiger charge is 2.07. The first-order valence-electron chi connectivity index (χ1n) is 8.22. The fraction of sp³-hybridized carbons (Fsp3) is 0.100. The molecule has 138 valence electrons. The number of amides is 1. The number of benzene rings is 2. The van der Waals surface area contributed by atoms with Crippen LogP contribution in [-0.2, 0) is 6.42 Å². The van der Waals surface area contributed by atoms with E-state index >= 15 is 0 Å². The Balaban J connectivity index is 1.53. The van der Waals surface area contributed by atoms with Gasteiger partial charge in [0, 0.05) is 23.3 Å². The van der Waals surface area contributed by atoms with Crippen LogP contribution in [0.3, 0.4) is 0 Å². The Morgan fingerprint density at radius 2 is 1.70 bits per heavy atom. The van der Waals surface area contributed by atoms with E-state index in [0.717, 1.165) is 17.7 Å². The third-order valence-corrected chi connectivity index (χ3v) is 4.07. The number of nitrogens with zero attached hydrogens (tertiary/aromatic N) is 1. The van der Waals surface area contributed by atoms with Gasteiger partial charge in [0.2, 0.25) is 0 Å². The molecule has 0 atom stereocenters. The summed E-state index contributed by atoms with van der Waals surface area (Å²) in [5.74, 6) is -2.14. The van der Waals surface area contributed by atoms with Crippen molar-refractivity contribution in [1.82, 2.24) is 10.3 Å². The molecule has 0 radical (unpaired) electrons. The summed E-state index contributed by atoms with van der Waals surface area (Å²) in [5, 5.41) is 6.36. The molecule has 27 heavy (non-hydrogen) atoms. The Labute approximate surface area is 160 Å². The van der Waals surface area contributed by atoms with Gasteiger partial charge in [-0.15, -0.1) is 0 Å². The van der Waals surface area contributed by atoms with Crippen molar-refractivity contribution in [2.45, 2.75) is 6.42 Å². The van der Waals surface area contributed by atoms with E-state index in [4.69, 9.17) is 11.6 Å². The van der Waals surface area contributed by atoms with E-state index < -0.39 is 11.6 Å². The van der Waals surface area contributed by atoms with Crippen molar-refractivity contribution < 1.29 is 13.6 Å². The molecule has 3 rings (SSSR count). The van der Waals surface area contributed by atoms with E-state index in [1.165, 1.54) is 12.3 Å². The molecule has 3 aromatic rings. The molecular weight excluding hydrogens is 372 g/mol. The van der Waals surface area contributed by atoms with Crippen molar-refractivity contribution in [2.75, 3.05) is 11.9 Å². The quantitative estimate of drug-likeness (QED) is 0.643. The second-order valence-corrected chi connectivity index (χ2v) is 6.25. The fourth-order valence-electron chi connectivity index (χ4n) is 2.40. The molecule has 0 aliphatic rings. The average Bonchev–Trinajstić information content (AvgIpc) is 2.67. The van der Waals surface area contributed by atoms with E-state index in [9.17, 15) is 13.6 Å². The van der Waals surface area contributed by atoms with E-state index in [0.29, 0.717) is 29.4 Å². The highest BCUT2D eigenvalue weighted by molar-refractivity contribution is 6.30. The highest BCUT2D eigenvalue weighted by atomic mass is 35.5. The van der Waals surface area contributed by atoms with E-state index in [2.05, 4.69) is 15.6 Å². The number of hydrogen-bond acceptors (Lipinski definition) is 3. The van der Waals surface area contributed by atoms with Crippen LogP contribution in [0.25, 0.3) is 0 Å². The number of aromatic nitrogens is 1. The molecule has 0 aliphatic heterocycles. The number of anilines is 2. The van der Waals surface area contributed by atoms with Crippen LogP contribution in [0.5, 0.6) is 0 Å². The van der Waals surface area contributed by atoms with Crippen molar-refractivity contribution in [3.63, 3.8) is 0 Å². The third-order valence-electron chi connectivity index (χ3n) is 3.82. The normalized spacial score (nSPS) is 10.5. The Hall–Kier alpha value is -2.99. The smallest absolute Gasteiger partial charge is 0.269 e. The van der Waals surface area contributed by atoms with Crippen LogP contribution in [0.4, 0.5) is 20.2 Å². The summed E-state index contributed by atoms with van der Waals surface area (Å²) >= 11 is 5.84. The topological polar surface area (TPSA) is 54.0 Å². The van der Waals surface area contributed by atoms with E-state index in [1.54, 1.807) is 24.3 Å². The van der Waals surface area contributed by atoms with Crippen molar-refractivity contribution >= 4 is 28.9 Å². The minimum Gasteiger partial charge on any atom is -0.354 e. The van der Waals surface area contributed by atoms with Crippen molar-refractivity contribution in [3.05, 3.63) is 88.7 Å². The van der Waals surface area contributed by atoms with Crippen LogP contribution in [0, 0.1) is 11.6 Å². The predicted octanol–water partition coefficient (Wildman–Crippen LogP) is 4.73. The Kier molecular flexibility index (Phi) is 5.98. The summed E-state index contributed by atoms with van der Waals surface area (Å²) in [5.41, 5.74) is 2.27. The lowest BCUT2D eigenvalue weighted by molar-refractivity contribution is 0.0949. The van der Waals surface area contributed by atoms with Crippen LogP contribution in [0.1, 0.15) is 16.1 Å². The van der Waals surface area contributed by atoms with Crippen molar-refractivity contribution in [3.8, 4) is 0 Å². The van der Waals surface area contributed by atoms with Gasteiger partial charge >= 0.3 is 0 Å². The molecule has 0 spiro atoms. The zero-order chi connectivity index (χ0) is 19.2. The molecule has 0 bridgehead atoms. The lowest BCUT2D eigenvalue weighted by Gasteiger charge is -2.08.